The van der Waals surface area contributed by atoms with Crippen LogP contribution in [0, 0.1) is 0 Å². The summed E-state index contributed by atoms with van der Waals surface area (Å²) in [5.41, 5.74) is 1.18. The van der Waals surface area contributed by atoms with E-state index in [1.54, 1.807) is 44.4 Å². The van der Waals surface area contributed by atoms with Crippen LogP contribution in [-0.2, 0) is 0 Å². The van der Waals surface area contributed by atoms with Crippen LogP contribution in [0.5, 0.6) is 11.5 Å². The molecule has 2 aromatic rings. The lowest BCUT2D eigenvalue weighted by Gasteiger charge is -2.06. The quantitative estimate of drug-likeness (QED) is 0.633. The molecule has 0 aliphatic rings. The molecule has 2 rings (SSSR count). The van der Waals surface area contributed by atoms with E-state index < -0.39 is 0 Å². The number of hydrogen-bond donors (Lipinski definition) is 2. The Morgan fingerprint density at radius 3 is 2.22 bits per heavy atom. The molecule has 5 heteroatoms. The summed E-state index contributed by atoms with van der Waals surface area (Å²) in [5.74, 6) is 0.664. The molecular formula is C13H12BNO3. The Kier molecular flexibility index (Phi) is 3.53. The molecular weight excluding hydrogens is 229 g/mol. The number of phenolic OH excluding ortho intramolecular Hbond substituents is 1. The summed E-state index contributed by atoms with van der Waals surface area (Å²) in [5, 5.41) is 11.9. The zero-order valence-electron chi connectivity index (χ0n) is 9.88. The fraction of sp³-hybridized carbons (Fsp3) is 0. The highest BCUT2D eigenvalue weighted by Crippen LogP contribution is 2.16. The van der Waals surface area contributed by atoms with Crippen LogP contribution >= 0.6 is 0 Å². The van der Waals surface area contributed by atoms with Crippen molar-refractivity contribution in [3.63, 3.8) is 0 Å². The van der Waals surface area contributed by atoms with E-state index in [0.29, 0.717) is 17.0 Å². The number of benzene rings is 2. The Balaban J connectivity index is 2.09. The van der Waals surface area contributed by atoms with Crippen LogP contribution in [0.15, 0.2) is 48.5 Å². The smallest absolute Gasteiger partial charge is 0.322 e. The SMILES string of the molecule is BOc1ccc(C(=O)Nc2ccc(O)cc2)cc1. The van der Waals surface area contributed by atoms with Gasteiger partial charge in [-0.2, -0.15) is 0 Å². The van der Waals surface area contributed by atoms with Crippen LogP contribution in [0.3, 0.4) is 0 Å². The fourth-order valence-electron chi connectivity index (χ4n) is 1.49. The molecule has 0 heterocycles. The highest BCUT2D eigenvalue weighted by molar-refractivity contribution is 6.04. The van der Waals surface area contributed by atoms with Crippen molar-refractivity contribution in [2.45, 2.75) is 0 Å². The van der Waals surface area contributed by atoms with Crippen molar-refractivity contribution in [1.82, 2.24) is 0 Å². The molecule has 0 atom stereocenters. The van der Waals surface area contributed by atoms with E-state index in [2.05, 4.69) is 5.32 Å². The number of amides is 1. The van der Waals surface area contributed by atoms with Crippen LogP contribution in [0.2, 0.25) is 0 Å². The first-order valence-corrected chi connectivity index (χ1v) is 5.43. The van der Waals surface area contributed by atoms with Gasteiger partial charge in [0.05, 0.1) is 5.75 Å². The van der Waals surface area contributed by atoms with Gasteiger partial charge in [-0.15, -0.1) is 0 Å². The summed E-state index contributed by atoms with van der Waals surface area (Å²) >= 11 is 0. The summed E-state index contributed by atoms with van der Waals surface area (Å²) in [6.45, 7) is 0. The number of rotatable bonds is 3. The van der Waals surface area contributed by atoms with Gasteiger partial charge < -0.3 is 15.1 Å². The first kappa shape index (κ1) is 12.0. The largest absolute Gasteiger partial charge is 0.568 e. The monoisotopic (exact) mass is 241 g/mol. The van der Waals surface area contributed by atoms with Crippen LogP contribution in [0.25, 0.3) is 0 Å². The number of anilines is 1. The molecule has 2 N–H and O–H groups in total. The van der Waals surface area contributed by atoms with Crippen molar-refractivity contribution in [3.05, 3.63) is 54.1 Å². The second-order valence-electron chi connectivity index (χ2n) is 3.73. The average molecular weight is 241 g/mol. The highest BCUT2D eigenvalue weighted by atomic mass is 16.4. The third kappa shape index (κ3) is 2.82. The summed E-state index contributed by atoms with van der Waals surface area (Å²) in [6.07, 6.45) is 0. The summed E-state index contributed by atoms with van der Waals surface area (Å²) < 4.78 is 5.02. The number of carbonyl (C=O) groups excluding carboxylic acids is 1. The molecule has 0 saturated heterocycles. The number of hydrogen-bond acceptors (Lipinski definition) is 3. The standard InChI is InChI=1S/C13H12BNO3/c14-18-12-7-1-9(2-8-12)13(17)15-10-3-5-11(16)6-4-10/h1-8,16H,14H2,(H,15,17). The van der Waals surface area contributed by atoms with Gasteiger partial charge in [0.15, 0.2) is 0 Å². The first-order valence-electron chi connectivity index (χ1n) is 5.43. The van der Waals surface area contributed by atoms with Crippen LogP contribution in [0.1, 0.15) is 10.4 Å². The number of phenols is 1. The van der Waals surface area contributed by atoms with Crippen molar-refractivity contribution in [2.75, 3.05) is 5.32 Å². The molecule has 1 amide bonds. The highest BCUT2D eigenvalue weighted by Gasteiger charge is 2.05. The molecule has 90 valence electrons. The lowest BCUT2D eigenvalue weighted by molar-refractivity contribution is 0.102. The maximum Gasteiger partial charge on any atom is 0.322 e. The van der Waals surface area contributed by atoms with E-state index in [1.165, 1.54) is 12.1 Å². The van der Waals surface area contributed by atoms with E-state index in [4.69, 9.17) is 9.76 Å². The van der Waals surface area contributed by atoms with E-state index in [-0.39, 0.29) is 11.7 Å². The predicted molar refractivity (Wildman–Crippen MR) is 71.7 cm³/mol. The molecule has 4 nitrogen and oxygen atoms in total. The molecule has 0 aliphatic carbocycles. The second-order valence-corrected chi connectivity index (χ2v) is 3.73. The van der Waals surface area contributed by atoms with Crippen molar-refractivity contribution in [3.8, 4) is 11.5 Å². The number of aromatic hydroxyl groups is 1. The molecule has 0 spiro atoms. The minimum atomic E-state index is -0.205. The lowest BCUT2D eigenvalue weighted by atomic mass is 10.2. The minimum Gasteiger partial charge on any atom is -0.568 e. The second kappa shape index (κ2) is 5.27. The zero-order valence-corrected chi connectivity index (χ0v) is 9.88. The van der Waals surface area contributed by atoms with Gasteiger partial charge in [0, 0.05) is 11.3 Å². The fourth-order valence-corrected chi connectivity index (χ4v) is 1.49. The van der Waals surface area contributed by atoms with Gasteiger partial charge in [-0.1, -0.05) is 0 Å². The summed E-state index contributed by atoms with van der Waals surface area (Å²) in [7, 11) is 1.57. The summed E-state index contributed by atoms with van der Waals surface area (Å²) in [4.78, 5) is 11.9. The van der Waals surface area contributed by atoms with Gasteiger partial charge in [0.25, 0.3) is 5.91 Å². The molecule has 0 aromatic heterocycles. The number of nitrogens with one attached hydrogen (secondary N) is 1. The van der Waals surface area contributed by atoms with Crippen molar-refractivity contribution in [1.29, 1.82) is 0 Å². The van der Waals surface area contributed by atoms with E-state index in [0.717, 1.165) is 0 Å². The van der Waals surface area contributed by atoms with Crippen molar-refractivity contribution in [2.24, 2.45) is 0 Å². The normalized spacial score (nSPS) is 9.78. The zero-order chi connectivity index (χ0) is 13.0. The Morgan fingerprint density at radius 1 is 1.06 bits per heavy atom. The van der Waals surface area contributed by atoms with Crippen LogP contribution in [-0.4, -0.2) is 19.1 Å². The van der Waals surface area contributed by atoms with Gasteiger partial charge >= 0.3 is 8.05 Å². The van der Waals surface area contributed by atoms with Crippen LogP contribution < -0.4 is 9.97 Å². The third-order valence-electron chi connectivity index (χ3n) is 2.48. The van der Waals surface area contributed by atoms with Gasteiger partial charge in [-0.05, 0) is 48.5 Å². The average Bonchev–Trinajstić information content (AvgIpc) is 2.41. The number of carbonyl (C=O) groups is 1. The molecule has 0 fully saturated rings. The lowest BCUT2D eigenvalue weighted by Crippen LogP contribution is -2.11. The molecule has 0 saturated carbocycles. The van der Waals surface area contributed by atoms with Gasteiger partial charge in [-0.3, -0.25) is 4.79 Å². The molecule has 0 bridgehead atoms. The molecule has 0 radical (unpaired) electrons. The summed E-state index contributed by atoms with van der Waals surface area (Å²) in [6, 6.07) is 13.1. The third-order valence-corrected chi connectivity index (χ3v) is 2.48. The molecule has 0 aliphatic heterocycles. The van der Waals surface area contributed by atoms with E-state index in [9.17, 15) is 4.79 Å². The maximum absolute atomic E-state index is 11.9. The Labute approximate surface area is 106 Å². The van der Waals surface area contributed by atoms with Gasteiger partial charge in [0.2, 0.25) is 0 Å². The maximum atomic E-state index is 11.9. The Bertz CT molecular complexity index is 537. The molecule has 18 heavy (non-hydrogen) atoms. The van der Waals surface area contributed by atoms with Gasteiger partial charge in [-0.25, -0.2) is 0 Å². The van der Waals surface area contributed by atoms with E-state index >= 15 is 0 Å². The Hall–Kier alpha value is -2.43. The predicted octanol–water partition coefficient (Wildman–Crippen LogP) is 1.57. The van der Waals surface area contributed by atoms with Crippen molar-refractivity contribution >= 4 is 19.6 Å². The molecule has 2 aromatic carbocycles. The topological polar surface area (TPSA) is 58.6 Å². The molecule has 0 unspecified atom stereocenters. The van der Waals surface area contributed by atoms with Gasteiger partial charge in [0.1, 0.15) is 5.75 Å². The van der Waals surface area contributed by atoms with Crippen molar-refractivity contribution < 1.29 is 14.6 Å². The van der Waals surface area contributed by atoms with Crippen LogP contribution in [0.4, 0.5) is 5.69 Å². The van der Waals surface area contributed by atoms with E-state index in [1.807, 2.05) is 0 Å². The first-order chi connectivity index (χ1) is 8.69. The Morgan fingerprint density at radius 2 is 1.67 bits per heavy atom. The minimum absolute atomic E-state index is 0.164.